The number of benzene rings is 1. The number of hydrogen-bond acceptors (Lipinski definition) is 6. The molecule has 1 aromatic rings. The fourth-order valence-corrected chi connectivity index (χ4v) is 7.44. The van der Waals surface area contributed by atoms with Gasteiger partial charge in [-0.15, -0.1) is 12.4 Å². The maximum atomic E-state index is 12.4. The summed E-state index contributed by atoms with van der Waals surface area (Å²) >= 11 is 0.366. The third-order valence-corrected chi connectivity index (χ3v) is 8.55. The minimum absolute atomic E-state index is 0. The van der Waals surface area contributed by atoms with E-state index in [1.807, 2.05) is 0 Å². The quantitative estimate of drug-likeness (QED) is 0.134. The van der Waals surface area contributed by atoms with Crippen molar-refractivity contribution < 1.29 is 56.1 Å². The van der Waals surface area contributed by atoms with Gasteiger partial charge < -0.3 is 12.4 Å². The van der Waals surface area contributed by atoms with E-state index in [-0.39, 0.29) is 48.5 Å². The maximum Gasteiger partial charge on any atom is -0.147 e. The molecule has 3 unspecified atom stereocenters. The second kappa shape index (κ2) is 11.3. The van der Waals surface area contributed by atoms with E-state index in [2.05, 4.69) is 6.58 Å². The minimum Gasteiger partial charge on any atom is -1.00 e. The number of nitrogens with zero attached hydrogens (tertiary/aromatic N) is 1. The van der Waals surface area contributed by atoms with Crippen LogP contribution in [0.25, 0.3) is 0 Å². The Morgan fingerprint density at radius 1 is 1.38 bits per heavy atom. The number of ketones is 1. The molecule has 138 valence electrons. The van der Waals surface area contributed by atoms with Crippen LogP contribution in [0.2, 0.25) is 0 Å². The summed E-state index contributed by atoms with van der Waals surface area (Å²) < 4.78 is 5.14. The number of hydrogen-bond donors (Lipinski definition) is 1. The van der Waals surface area contributed by atoms with E-state index >= 15 is 0 Å². The Morgan fingerprint density at radius 3 is 2.46 bits per heavy atom. The van der Waals surface area contributed by atoms with Crippen molar-refractivity contribution in [3.05, 3.63) is 48.0 Å². The van der Waals surface area contributed by atoms with Gasteiger partial charge in [0.1, 0.15) is 0 Å². The van der Waals surface area contributed by atoms with Crippen LogP contribution in [0.5, 0.6) is 0 Å². The van der Waals surface area contributed by atoms with Crippen molar-refractivity contribution in [2.24, 2.45) is 5.73 Å². The van der Waals surface area contributed by atoms with E-state index in [0.29, 0.717) is 35.7 Å². The molecular formula is C16H18Cl2HgN2O4S. The molecule has 1 heterocycles. The number of halogens is 2. The first-order chi connectivity index (χ1) is 11.4. The summed E-state index contributed by atoms with van der Waals surface area (Å²) in [6.07, 6.45) is 0. The summed E-state index contributed by atoms with van der Waals surface area (Å²) in [6, 6.07) is 7.09. The maximum absolute atomic E-state index is 12.4. The number of likely N-dealkylation sites (tertiary alicyclic amines) is 1. The number of β-lactam (4-membered cyclic amide) rings is 1. The van der Waals surface area contributed by atoms with Gasteiger partial charge in [0, 0.05) is 0 Å². The van der Waals surface area contributed by atoms with Crippen LogP contribution < -0.4 is 18.1 Å². The van der Waals surface area contributed by atoms with Crippen LogP contribution in [0.15, 0.2) is 42.5 Å². The standard InChI is InChI=1S/C16H18N2O4S.2ClH.Hg/c1-9(2)13(18-14(20)12(17)15(18)23)16(21)22-8-11(19)10-6-4-3-5-7-10;;;/h3-7,12-13,15,23H,1,8,17H2,2H3;2*1H;/q;;;+2/p-2. The molecule has 6 nitrogen and oxygen atoms in total. The van der Waals surface area contributed by atoms with Crippen LogP contribution in [0.4, 0.5) is 0 Å². The second-order valence-electron chi connectivity index (χ2n) is 5.47. The summed E-state index contributed by atoms with van der Waals surface area (Å²) in [4.78, 5) is 37.9. The molecule has 0 aromatic heterocycles. The van der Waals surface area contributed by atoms with Crippen molar-refractivity contribution in [3.8, 4) is 0 Å². The number of esters is 1. The number of carbonyl (C=O) groups excluding carboxylic acids is 3. The first-order valence-electron chi connectivity index (χ1n) is 7.27. The van der Waals surface area contributed by atoms with Crippen molar-refractivity contribution in [1.29, 1.82) is 0 Å². The van der Waals surface area contributed by atoms with Crippen molar-refractivity contribution >= 4 is 38.3 Å². The molecule has 0 radical (unpaired) electrons. The van der Waals surface area contributed by atoms with E-state index in [0.717, 1.165) is 0 Å². The van der Waals surface area contributed by atoms with Crippen LogP contribution in [-0.2, 0) is 38.9 Å². The van der Waals surface area contributed by atoms with Crippen LogP contribution in [-0.4, -0.2) is 46.6 Å². The van der Waals surface area contributed by atoms with Gasteiger partial charge in [0.25, 0.3) is 0 Å². The Labute approximate surface area is 183 Å². The minimum atomic E-state index is -0.901. The van der Waals surface area contributed by atoms with Gasteiger partial charge in [-0.2, -0.15) is 0 Å². The molecule has 1 saturated heterocycles. The molecule has 1 aromatic carbocycles. The molecule has 1 aliphatic rings. The average molecular weight is 606 g/mol. The first kappa shape index (κ1) is 25.4. The molecule has 1 fully saturated rings. The van der Waals surface area contributed by atoms with E-state index in [9.17, 15) is 14.4 Å². The van der Waals surface area contributed by atoms with Crippen molar-refractivity contribution in [3.63, 3.8) is 0 Å². The van der Waals surface area contributed by atoms with Gasteiger partial charge in [-0.05, 0) is 0 Å². The molecular weight excluding hydrogens is 588 g/mol. The second-order valence-corrected chi connectivity index (χ2v) is 10.2. The van der Waals surface area contributed by atoms with Gasteiger partial charge in [0.2, 0.25) is 0 Å². The van der Waals surface area contributed by atoms with Gasteiger partial charge in [-0.25, -0.2) is 0 Å². The fourth-order valence-electron chi connectivity index (χ4n) is 2.44. The number of amides is 1. The smallest absolute Gasteiger partial charge is 0.147 e. The molecule has 3 atom stereocenters. The van der Waals surface area contributed by atoms with Crippen molar-refractivity contribution in [2.75, 3.05) is 6.61 Å². The normalized spacial score (nSPS) is 19.4. The van der Waals surface area contributed by atoms with Crippen molar-refractivity contribution in [1.82, 2.24) is 4.90 Å². The molecule has 0 bridgehead atoms. The van der Waals surface area contributed by atoms with E-state index < -0.39 is 18.1 Å². The Bertz CT molecular complexity index is 677. The molecule has 0 spiro atoms. The SMILES string of the molecule is C=C(C)C(C(=O)OCC(=O)c1ccccc1)N1C(=O)C(N)C1[S][Hg+].Cl.[Cl-]. The zero-order valence-electron chi connectivity index (χ0n) is 14.1. The number of ether oxygens (including phenoxy) is 1. The topological polar surface area (TPSA) is 89.7 Å². The van der Waals surface area contributed by atoms with Crippen LogP contribution in [0.3, 0.4) is 0 Å². The predicted octanol–water partition coefficient (Wildman–Crippen LogP) is -1.53. The summed E-state index contributed by atoms with van der Waals surface area (Å²) in [5, 5.41) is -0.222. The molecule has 26 heavy (non-hydrogen) atoms. The number of Topliss-reactive ketones (excluding diaryl/α,β-unsaturated/α-hetero) is 1. The van der Waals surface area contributed by atoms with Crippen LogP contribution in [0.1, 0.15) is 17.3 Å². The molecule has 2 N–H and O–H groups in total. The first-order valence-corrected chi connectivity index (χ1v) is 15.1. The van der Waals surface area contributed by atoms with E-state index in [4.69, 9.17) is 10.5 Å². The molecule has 10 heteroatoms. The predicted molar refractivity (Wildman–Crippen MR) is 93.8 cm³/mol. The molecule has 1 aliphatic heterocycles. The summed E-state index contributed by atoms with van der Waals surface area (Å²) in [6.45, 7) is 5.06. The van der Waals surface area contributed by atoms with E-state index in [1.54, 1.807) is 45.5 Å². The zero-order chi connectivity index (χ0) is 17.9. The van der Waals surface area contributed by atoms with Gasteiger partial charge in [0.05, 0.1) is 0 Å². The Kier molecular flexibility index (Phi) is 11.0. The van der Waals surface area contributed by atoms with Gasteiger partial charge >= 0.3 is 159 Å². The largest absolute Gasteiger partial charge is 1.00 e. The van der Waals surface area contributed by atoms with Crippen molar-refractivity contribution in [2.45, 2.75) is 24.4 Å². The Hall–Kier alpha value is -0.605. The molecule has 1 amide bonds. The van der Waals surface area contributed by atoms with E-state index in [1.165, 1.54) is 4.90 Å². The van der Waals surface area contributed by atoms with Crippen LogP contribution >= 0.6 is 20.6 Å². The fraction of sp³-hybridized carbons (Fsp3) is 0.312. The third kappa shape index (κ3) is 5.45. The Morgan fingerprint density at radius 2 is 1.96 bits per heavy atom. The van der Waals surface area contributed by atoms with Gasteiger partial charge in [-0.3, -0.25) is 0 Å². The number of rotatable bonds is 7. The number of nitrogens with two attached hydrogens (primary N) is 1. The monoisotopic (exact) mass is 606 g/mol. The summed E-state index contributed by atoms with van der Waals surface area (Å²) in [7, 11) is 1.57. The molecule has 0 saturated carbocycles. The molecule has 0 aliphatic carbocycles. The summed E-state index contributed by atoms with van der Waals surface area (Å²) in [5.74, 6) is -1.25. The zero-order valence-corrected chi connectivity index (χ0v) is 22.0. The third-order valence-electron chi connectivity index (χ3n) is 3.70. The van der Waals surface area contributed by atoms with Crippen LogP contribution in [0, 0.1) is 0 Å². The Balaban J connectivity index is 0.00000312. The van der Waals surface area contributed by atoms with Gasteiger partial charge in [0.15, 0.2) is 0 Å². The van der Waals surface area contributed by atoms with Gasteiger partial charge in [-0.1, -0.05) is 0 Å². The average Bonchev–Trinajstić information content (AvgIpc) is 2.59. The molecule has 2 rings (SSSR count). The summed E-state index contributed by atoms with van der Waals surface area (Å²) in [5.41, 5.74) is 6.74. The number of carbonyl (C=O) groups is 3.